The Morgan fingerprint density at radius 2 is 1.96 bits per heavy atom. The van der Waals surface area contributed by atoms with Crippen LogP contribution in [0.1, 0.15) is 12.8 Å². The smallest absolute Gasteiger partial charge is 0.122 e. The van der Waals surface area contributed by atoms with Crippen LogP contribution in [0, 0.1) is 0 Å². The Hall–Kier alpha value is -1.01. The number of likely N-dealkylation sites (tertiary alicyclic amines) is 1. The Morgan fingerprint density at radius 1 is 1.23 bits per heavy atom. The molecule has 4 nitrogen and oxygen atoms in total. The molecule has 0 amide bonds. The second-order valence-corrected chi connectivity index (χ2v) is 14.8. The number of nitrogens with zero attached hydrogens (tertiary/aromatic N) is 2. The van der Waals surface area contributed by atoms with Gasteiger partial charge in [-0.3, -0.25) is 0 Å². The number of fused-ring (bicyclic) bond motifs is 1. The summed E-state index contributed by atoms with van der Waals surface area (Å²) in [6, 6.07) is 7.97. The zero-order chi connectivity index (χ0) is 18.7. The third-order valence-electron chi connectivity index (χ3n) is 5.16. The van der Waals surface area contributed by atoms with Gasteiger partial charge in [-0.1, -0.05) is 31.2 Å². The summed E-state index contributed by atoms with van der Waals surface area (Å²) in [6.07, 6.45) is 4.45. The maximum Gasteiger partial charge on any atom is 0.122 e. The van der Waals surface area contributed by atoms with E-state index in [-0.39, 0.29) is 0 Å². The maximum atomic E-state index is 6.42. The first kappa shape index (κ1) is 19.7. The van der Waals surface area contributed by atoms with Gasteiger partial charge in [0.1, 0.15) is 6.73 Å². The average Bonchev–Trinajstić information content (AvgIpc) is 2.96. The number of anilines is 1. The first-order valence-electron chi connectivity index (χ1n) is 9.63. The molecule has 1 aliphatic heterocycles. The normalized spacial score (nSPS) is 17.1. The van der Waals surface area contributed by atoms with Gasteiger partial charge in [-0.25, -0.2) is 0 Å². The van der Waals surface area contributed by atoms with E-state index in [1.165, 1.54) is 24.3 Å². The Morgan fingerprint density at radius 3 is 2.65 bits per heavy atom. The van der Waals surface area contributed by atoms with Crippen LogP contribution in [-0.4, -0.2) is 50.3 Å². The van der Waals surface area contributed by atoms with E-state index in [2.05, 4.69) is 59.8 Å². The highest BCUT2D eigenvalue weighted by Crippen LogP contribution is 2.30. The van der Waals surface area contributed by atoms with Gasteiger partial charge >= 0.3 is 0 Å². The molecule has 2 aromatic rings. The molecule has 1 saturated heterocycles. The van der Waals surface area contributed by atoms with E-state index in [9.17, 15) is 0 Å². The highest BCUT2D eigenvalue weighted by atomic mass is 35.5. The molecule has 2 heterocycles. The number of ether oxygens (including phenoxy) is 1. The van der Waals surface area contributed by atoms with Gasteiger partial charge in [0.05, 0.1) is 5.52 Å². The monoisotopic (exact) mass is 393 g/mol. The molecule has 0 bridgehead atoms. The van der Waals surface area contributed by atoms with E-state index in [1.54, 1.807) is 0 Å². The fraction of sp³-hybridized carbons (Fsp3) is 0.600. The molecule has 0 spiro atoms. The van der Waals surface area contributed by atoms with Crippen molar-refractivity contribution in [3.63, 3.8) is 0 Å². The van der Waals surface area contributed by atoms with Gasteiger partial charge in [0.25, 0.3) is 0 Å². The minimum absolute atomic E-state index is 0.518. The van der Waals surface area contributed by atoms with Crippen LogP contribution in [0.4, 0.5) is 5.69 Å². The van der Waals surface area contributed by atoms with Gasteiger partial charge in [0.15, 0.2) is 0 Å². The van der Waals surface area contributed by atoms with Crippen molar-refractivity contribution in [3.8, 4) is 0 Å². The molecule has 26 heavy (non-hydrogen) atoms. The van der Waals surface area contributed by atoms with Crippen LogP contribution in [0.3, 0.4) is 0 Å². The van der Waals surface area contributed by atoms with Crippen LogP contribution < -0.4 is 5.32 Å². The average molecular weight is 394 g/mol. The minimum Gasteiger partial charge on any atom is -0.382 e. The Labute approximate surface area is 163 Å². The molecule has 0 radical (unpaired) electrons. The summed E-state index contributed by atoms with van der Waals surface area (Å²) in [5.74, 6) is 0. The predicted octanol–water partition coefficient (Wildman–Crippen LogP) is 5.11. The first-order valence-corrected chi connectivity index (χ1v) is 13.7. The molecule has 3 rings (SSSR count). The number of piperidine rings is 1. The van der Waals surface area contributed by atoms with Crippen molar-refractivity contribution in [2.24, 2.45) is 0 Å². The summed E-state index contributed by atoms with van der Waals surface area (Å²) in [4.78, 5) is 2.39. The fourth-order valence-corrected chi connectivity index (χ4v) is 4.38. The van der Waals surface area contributed by atoms with E-state index in [0.29, 0.717) is 12.8 Å². The van der Waals surface area contributed by atoms with Crippen molar-refractivity contribution in [1.29, 1.82) is 0 Å². The van der Waals surface area contributed by atoms with Crippen molar-refractivity contribution in [2.45, 2.75) is 51.3 Å². The second kappa shape index (κ2) is 8.34. The Balaban J connectivity index is 1.70. The van der Waals surface area contributed by atoms with E-state index in [4.69, 9.17) is 16.3 Å². The molecule has 0 unspecified atom stereocenters. The maximum absolute atomic E-state index is 6.42. The predicted molar refractivity (Wildman–Crippen MR) is 115 cm³/mol. The summed E-state index contributed by atoms with van der Waals surface area (Å²) in [5, 5.41) is 5.72. The molecule has 1 fully saturated rings. The van der Waals surface area contributed by atoms with Crippen LogP contribution in [-0.2, 0) is 11.5 Å². The second-order valence-electron chi connectivity index (χ2n) is 8.74. The molecule has 1 N–H and O–H groups in total. The van der Waals surface area contributed by atoms with Crippen molar-refractivity contribution in [3.05, 3.63) is 29.4 Å². The topological polar surface area (TPSA) is 29.4 Å². The van der Waals surface area contributed by atoms with Gasteiger partial charge in [0, 0.05) is 43.0 Å². The highest BCUT2D eigenvalue weighted by molar-refractivity contribution is 6.76. The van der Waals surface area contributed by atoms with Crippen LogP contribution in [0.5, 0.6) is 0 Å². The molecule has 0 aliphatic carbocycles. The number of benzene rings is 1. The summed E-state index contributed by atoms with van der Waals surface area (Å²) >= 11 is 6.42. The number of halogens is 1. The van der Waals surface area contributed by atoms with Crippen LogP contribution in [0.2, 0.25) is 30.7 Å². The van der Waals surface area contributed by atoms with Crippen molar-refractivity contribution in [2.75, 3.05) is 32.1 Å². The van der Waals surface area contributed by atoms with Crippen molar-refractivity contribution in [1.82, 2.24) is 9.47 Å². The lowest BCUT2D eigenvalue weighted by Gasteiger charge is -2.30. The number of nitrogens with one attached hydrogen (secondary N) is 1. The van der Waals surface area contributed by atoms with Gasteiger partial charge in [-0.15, -0.1) is 0 Å². The first-order chi connectivity index (χ1) is 12.3. The third-order valence-corrected chi connectivity index (χ3v) is 7.08. The molecule has 6 heteroatoms. The molecule has 1 aliphatic rings. The van der Waals surface area contributed by atoms with Crippen LogP contribution in [0.25, 0.3) is 10.9 Å². The lowest BCUT2D eigenvalue weighted by molar-refractivity contribution is 0.0902. The quantitative estimate of drug-likeness (QED) is 0.523. The molecule has 0 atom stereocenters. The minimum atomic E-state index is -1.05. The number of aromatic nitrogens is 1. The largest absolute Gasteiger partial charge is 0.382 e. The summed E-state index contributed by atoms with van der Waals surface area (Å²) in [5.41, 5.74) is 2.28. The number of hydrogen-bond donors (Lipinski definition) is 1. The Kier molecular flexibility index (Phi) is 6.33. The van der Waals surface area contributed by atoms with Crippen molar-refractivity contribution < 1.29 is 4.74 Å². The number of hydrogen-bond acceptors (Lipinski definition) is 3. The zero-order valence-electron chi connectivity index (χ0n) is 16.5. The highest BCUT2D eigenvalue weighted by Gasteiger charge is 2.18. The fourth-order valence-electron chi connectivity index (χ4n) is 3.41. The van der Waals surface area contributed by atoms with Gasteiger partial charge in [0.2, 0.25) is 0 Å². The van der Waals surface area contributed by atoms with Crippen LogP contribution in [0.15, 0.2) is 24.4 Å². The standard InChI is InChI=1S/C20H32ClN3OSi/c1-23-8-5-17(6-9-23)22-19-13-16(21)14-20-18(19)7-10-24(20)15-25-11-12-26(2,3)4/h7,10,13-14,17,22H,5-6,8-9,11-12,15H2,1-4H3. The number of rotatable bonds is 7. The molecule has 144 valence electrons. The van der Waals surface area contributed by atoms with Crippen LogP contribution >= 0.6 is 11.6 Å². The lowest BCUT2D eigenvalue weighted by Crippen LogP contribution is -2.36. The van der Waals surface area contributed by atoms with E-state index >= 15 is 0 Å². The molecule has 1 aromatic carbocycles. The SMILES string of the molecule is CN1CCC(Nc2cc(Cl)cc3c2ccn3COCC[Si](C)(C)C)CC1. The van der Waals surface area contributed by atoms with Gasteiger partial charge < -0.3 is 19.5 Å². The molecular weight excluding hydrogens is 362 g/mol. The summed E-state index contributed by atoms with van der Waals surface area (Å²) in [6.45, 7) is 10.8. The van der Waals surface area contributed by atoms with E-state index < -0.39 is 8.07 Å². The van der Waals surface area contributed by atoms with E-state index in [0.717, 1.165) is 35.9 Å². The Bertz CT molecular complexity index is 732. The third kappa shape index (κ3) is 5.25. The van der Waals surface area contributed by atoms with Gasteiger partial charge in [-0.05, 0) is 57.2 Å². The van der Waals surface area contributed by atoms with Crippen molar-refractivity contribution >= 4 is 36.3 Å². The summed E-state index contributed by atoms with van der Waals surface area (Å²) in [7, 11) is 1.14. The lowest BCUT2D eigenvalue weighted by atomic mass is 10.0. The molecular formula is C20H32ClN3OSi. The van der Waals surface area contributed by atoms with Gasteiger partial charge in [-0.2, -0.15) is 0 Å². The molecule has 0 saturated carbocycles. The molecule has 1 aromatic heterocycles. The summed E-state index contributed by atoms with van der Waals surface area (Å²) < 4.78 is 8.09. The van der Waals surface area contributed by atoms with E-state index in [1.807, 2.05) is 6.07 Å². The zero-order valence-corrected chi connectivity index (χ0v) is 18.3.